The second-order valence-corrected chi connectivity index (χ2v) is 4.13. The first-order valence-electron chi connectivity index (χ1n) is 5.63. The maximum atomic E-state index is 12.2. The van der Waals surface area contributed by atoms with E-state index in [1.54, 1.807) is 17.0 Å². The Balaban J connectivity index is 2.02. The van der Waals surface area contributed by atoms with Gasteiger partial charge in [0.05, 0.1) is 0 Å². The molecule has 0 aliphatic rings. The average molecular weight is 271 g/mol. The molecule has 4 nitrogen and oxygen atoms in total. The Kier molecular flexibility index (Phi) is 3.46. The van der Waals surface area contributed by atoms with E-state index in [-0.39, 0.29) is 5.56 Å². The molecule has 0 fully saturated rings. The highest BCUT2D eigenvalue weighted by Gasteiger charge is 2.39. The second-order valence-electron chi connectivity index (χ2n) is 4.13. The van der Waals surface area contributed by atoms with Crippen LogP contribution in [0.1, 0.15) is 16.2 Å². The predicted octanol–water partition coefficient (Wildman–Crippen LogP) is 2.44. The zero-order chi connectivity index (χ0) is 14.0. The summed E-state index contributed by atoms with van der Waals surface area (Å²) in [5.41, 5.74) is -0.338. The van der Waals surface area contributed by atoms with Crippen molar-refractivity contribution in [3.8, 4) is 0 Å². The topological polar surface area (TPSA) is 39.8 Å². The van der Waals surface area contributed by atoms with E-state index >= 15 is 0 Å². The highest BCUT2D eigenvalue weighted by molar-refractivity contribution is 6.00. The third-order valence-electron chi connectivity index (χ3n) is 2.79. The van der Waals surface area contributed by atoms with Gasteiger partial charge in [0.15, 0.2) is 0 Å². The molecule has 0 unspecified atom stereocenters. The van der Waals surface area contributed by atoms with Crippen LogP contribution in [0.3, 0.4) is 0 Å². The number of halogens is 3. The molecule has 0 aromatic carbocycles. The molecule has 0 amide bonds. The van der Waals surface area contributed by atoms with Crippen LogP contribution >= 0.6 is 0 Å². The van der Waals surface area contributed by atoms with Gasteiger partial charge in [0, 0.05) is 43.4 Å². The van der Waals surface area contributed by atoms with E-state index in [4.69, 9.17) is 0 Å². The van der Waals surface area contributed by atoms with Gasteiger partial charge < -0.3 is 9.13 Å². The third-order valence-corrected chi connectivity index (χ3v) is 2.79. The lowest BCUT2D eigenvalue weighted by Gasteiger charge is -2.06. The van der Waals surface area contributed by atoms with Crippen LogP contribution in [0.15, 0.2) is 30.9 Å². The van der Waals surface area contributed by atoms with E-state index < -0.39 is 12.0 Å². The van der Waals surface area contributed by atoms with Crippen LogP contribution in [-0.4, -0.2) is 26.1 Å². The van der Waals surface area contributed by atoms with Gasteiger partial charge in [-0.3, -0.25) is 4.79 Å². The standard InChI is InChI=1S/C12H12F3N3O/c1-9-16-3-5-18(9)7-6-17-4-2-10(8-17)11(19)12(13,14)15/h2-5,8H,6-7H2,1H3. The van der Waals surface area contributed by atoms with Gasteiger partial charge in [-0.25, -0.2) is 4.98 Å². The second kappa shape index (κ2) is 4.91. The van der Waals surface area contributed by atoms with Crippen molar-refractivity contribution in [3.05, 3.63) is 42.2 Å². The van der Waals surface area contributed by atoms with E-state index in [0.29, 0.717) is 13.1 Å². The highest BCUT2D eigenvalue weighted by atomic mass is 19.4. The number of Topliss-reactive ketones (excluding diaryl/α,β-unsaturated/α-hetero) is 1. The number of imidazole rings is 1. The number of carbonyl (C=O) groups is 1. The third kappa shape index (κ3) is 3.04. The van der Waals surface area contributed by atoms with Gasteiger partial charge in [0.2, 0.25) is 0 Å². The maximum absolute atomic E-state index is 12.2. The number of rotatable bonds is 4. The molecule has 2 aromatic heterocycles. The lowest BCUT2D eigenvalue weighted by atomic mass is 10.2. The number of carbonyl (C=O) groups excluding carboxylic acids is 1. The van der Waals surface area contributed by atoms with Crippen LogP contribution in [0.2, 0.25) is 0 Å². The molecule has 0 aliphatic carbocycles. The molecule has 0 radical (unpaired) electrons. The van der Waals surface area contributed by atoms with Crippen molar-refractivity contribution in [2.24, 2.45) is 0 Å². The number of ketones is 1. The van der Waals surface area contributed by atoms with Gasteiger partial charge in [-0.05, 0) is 13.0 Å². The molecule has 0 spiro atoms. The van der Waals surface area contributed by atoms with Gasteiger partial charge in [-0.15, -0.1) is 0 Å². The minimum absolute atomic E-state index is 0.338. The lowest BCUT2D eigenvalue weighted by Crippen LogP contribution is -2.22. The van der Waals surface area contributed by atoms with Gasteiger partial charge in [0.25, 0.3) is 5.78 Å². The number of hydrogen-bond acceptors (Lipinski definition) is 2. The first-order chi connectivity index (χ1) is 8.88. The number of aromatic nitrogens is 3. The first-order valence-corrected chi connectivity index (χ1v) is 5.63. The summed E-state index contributed by atoms with van der Waals surface area (Å²) in [7, 11) is 0. The van der Waals surface area contributed by atoms with Crippen LogP contribution in [0.5, 0.6) is 0 Å². The molecular weight excluding hydrogens is 259 g/mol. The predicted molar refractivity (Wildman–Crippen MR) is 61.8 cm³/mol. The van der Waals surface area contributed by atoms with Crippen LogP contribution in [-0.2, 0) is 13.1 Å². The summed E-state index contributed by atoms with van der Waals surface area (Å²) in [4.78, 5) is 15.1. The number of hydrogen-bond donors (Lipinski definition) is 0. The molecule has 2 heterocycles. The normalized spacial score (nSPS) is 11.8. The largest absolute Gasteiger partial charge is 0.454 e. The molecule has 0 saturated carbocycles. The Bertz CT molecular complexity index is 583. The van der Waals surface area contributed by atoms with Gasteiger partial charge in [-0.2, -0.15) is 13.2 Å². The average Bonchev–Trinajstić information content (AvgIpc) is 2.93. The Hall–Kier alpha value is -2.05. The van der Waals surface area contributed by atoms with Crippen molar-refractivity contribution < 1.29 is 18.0 Å². The van der Waals surface area contributed by atoms with Gasteiger partial charge in [0.1, 0.15) is 5.82 Å². The summed E-state index contributed by atoms with van der Waals surface area (Å²) < 4.78 is 40.1. The number of nitrogens with zero attached hydrogens (tertiary/aromatic N) is 3. The van der Waals surface area contributed by atoms with Crippen molar-refractivity contribution >= 4 is 5.78 Å². The quantitative estimate of drug-likeness (QED) is 0.801. The Labute approximate surface area is 107 Å². The monoisotopic (exact) mass is 271 g/mol. The summed E-state index contributed by atoms with van der Waals surface area (Å²) in [6, 6.07) is 1.18. The zero-order valence-corrected chi connectivity index (χ0v) is 10.2. The Morgan fingerprint density at radius 1 is 1.32 bits per heavy atom. The van der Waals surface area contributed by atoms with E-state index in [0.717, 1.165) is 5.82 Å². The fourth-order valence-electron chi connectivity index (χ4n) is 1.74. The maximum Gasteiger partial charge on any atom is 0.454 e. The van der Waals surface area contributed by atoms with Crippen molar-refractivity contribution in [3.63, 3.8) is 0 Å². The van der Waals surface area contributed by atoms with E-state index in [1.807, 2.05) is 11.5 Å². The fraction of sp³-hybridized carbons (Fsp3) is 0.333. The van der Waals surface area contributed by atoms with Crippen molar-refractivity contribution in [2.75, 3.05) is 0 Å². The lowest BCUT2D eigenvalue weighted by molar-refractivity contribution is -0.0885. The van der Waals surface area contributed by atoms with Gasteiger partial charge >= 0.3 is 6.18 Å². The summed E-state index contributed by atoms with van der Waals surface area (Å²) in [6.45, 7) is 2.90. The molecule has 0 aliphatic heterocycles. The number of aryl methyl sites for hydroxylation is 3. The van der Waals surface area contributed by atoms with Crippen LogP contribution in [0, 0.1) is 6.92 Å². The zero-order valence-electron chi connectivity index (χ0n) is 10.2. The Morgan fingerprint density at radius 3 is 2.63 bits per heavy atom. The minimum atomic E-state index is -4.83. The molecule has 0 N–H and O–H groups in total. The SMILES string of the molecule is Cc1nccn1CCn1ccc(C(=O)C(F)(F)F)c1. The van der Waals surface area contributed by atoms with Gasteiger partial charge in [-0.1, -0.05) is 0 Å². The van der Waals surface area contributed by atoms with Crippen LogP contribution < -0.4 is 0 Å². The molecule has 2 aromatic rings. The molecule has 2 rings (SSSR count). The molecule has 0 atom stereocenters. The smallest absolute Gasteiger partial charge is 0.352 e. The molecule has 0 bridgehead atoms. The summed E-state index contributed by atoms with van der Waals surface area (Å²) >= 11 is 0. The fourth-order valence-corrected chi connectivity index (χ4v) is 1.74. The number of alkyl halides is 3. The highest BCUT2D eigenvalue weighted by Crippen LogP contribution is 2.21. The molecule has 19 heavy (non-hydrogen) atoms. The summed E-state index contributed by atoms with van der Waals surface area (Å²) in [6.07, 6.45) is 1.30. The summed E-state index contributed by atoms with van der Waals surface area (Å²) in [5, 5.41) is 0. The molecule has 7 heteroatoms. The van der Waals surface area contributed by atoms with Crippen LogP contribution in [0.4, 0.5) is 13.2 Å². The molecule has 102 valence electrons. The minimum Gasteiger partial charge on any atom is -0.352 e. The van der Waals surface area contributed by atoms with E-state index in [9.17, 15) is 18.0 Å². The molecular formula is C12H12F3N3O. The molecule has 0 saturated heterocycles. The van der Waals surface area contributed by atoms with Crippen molar-refractivity contribution in [1.29, 1.82) is 0 Å². The van der Waals surface area contributed by atoms with Crippen molar-refractivity contribution in [2.45, 2.75) is 26.2 Å². The summed E-state index contributed by atoms with van der Waals surface area (Å²) in [5.74, 6) is -0.983. The van der Waals surface area contributed by atoms with Crippen molar-refractivity contribution in [1.82, 2.24) is 14.1 Å². The first kappa shape index (κ1) is 13.4. The van der Waals surface area contributed by atoms with Crippen LogP contribution in [0.25, 0.3) is 0 Å². The Morgan fingerprint density at radius 2 is 2.05 bits per heavy atom. The van der Waals surface area contributed by atoms with E-state index in [1.165, 1.54) is 18.5 Å². The van der Waals surface area contributed by atoms with E-state index in [2.05, 4.69) is 4.98 Å².